The fourth-order valence-electron chi connectivity index (χ4n) is 2.74. The van der Waals surface area contributed by atoms with Crippen LogP contribution >= 0.6 is 11.8 Å². The van der Waals surface area contributed by atoms with Gasteiger partial charge in [0, 0.05) is 30.0 Å². The van der Waals surface area contributed by atoms with Crippen LogP contribution in [0.4, 0.5) is 5.69 Å². The van der Waals surface area contributed by atoms with Crippen LogP contribution in [0.1, 0.15) is 19.4 Å². The number of methoxy groups -OCH3 is 1. The van der Waals surface area contributed by atoms with E-state index in [2.05, 4.69) is 28.6 Å². The molecule has 146 valence electrons. The van der Waals surface area contributed by atoms with E-state index in [0.717, 1.165) is 34.4 Å². The number of hydrogen-bond acceptors (Lipinski definition) is 6. The first kappa shape index (κ1) is 19.9. The summed E-state index contributed by atoms with van der Waals surface area (Å²) in [5.41, 5.74) is 2.08. The molecule has 0 saturated carbocycles. The molecule has 3 aromatic rings. The smallest absolute Gasteiger partial charge is 0.269 e. The van der Waals surface area contributed by atoms with Gasteiger partial charge in [-0.3, -0.25) is 10.1 Å². The van der Waals surface area contributed by atoms with Crippen LogP contribution in [0.3, 0.4) is 0 Å². The van der Waals surface area contributed by atoms with E-state index in [4.69, 9.17) is 4.74 Å². The van der Waals surface area contributed by atoms with Crippen LogP contribution in [0.15, 0.2) is 53.7 Å². The molecule has 8 heteroatoms. The van der Waals surface area contributed by atoms with Crippen molar-refractivity contribution in [3.63, 3.8) is 0 Å². The predicted molar refractivity (Wildman–Crippen MR) is 110 cm³/mol. The van der Waals surface area contributed by atoms with Crippen molar-refractivity contribution in [2.45, 2.75) is 31.3 Å². The van der Waals surface area contributed by atoms with Crippen LogP contribution in [-0.4, -0.2) is 26.8 Å². The van der Waals surface area contributed by atoms with Gasteiger partial charge in [-0.1, -0.05) is 37.7 Å². The molecule has 0 aliphatic heterocycles. The molecule has 0 N–H and O–H groups in total. The molecule has 0 saturated heterocycles. The second kappa shape index (κ2) is 8.88. The van der Waals surface area contributed by atoms with Crippen LogP contribution in [0, 0.1) is 16.0 Å². The van der Waals surface area contributed by atoms with Gasteiger partial charge < -0.3 is 9.30 Å². The Morgan fingerprint density at radius 1 is 1.11 bits per heavy atom. The molecule has 0 spiro atoms. The number of benzene rings is 2. The first-order chi connectivity index (χ1) is 13.5. The topological polar surface area (TPSA) is 83.1 Å². The number of aromatic nitrogens is 3. The lowest BCUT2D eigenvalue weighted by Gasteiger charge is -2.13. The zero-order valence-electron chi connectivity index (χ0n) is 16.0. The number of nitro benzene ring substituents is 1. The Labute approximate surface area is 167 Å². The van der Waals surface area contributed by atoms with Gasteiger partial charge in [0.15, 0.2) is 11.0 Å². The summed E-state index contributed by atoms with van der Waals surface area (Å²) in [6, 6.07) is 14.4. The van der Waals surface area contributed by atoms with Gasteiger partial charge in [0.1, 0.15) is 5.75 Å². The van der Waals surface area contributed by atoms with E-state index in [9.17, 15) is 10.1 Å². The van der Waals surface area contributed by atoms with Crippen LogP contribution in [0.25, 0.3) is 11.4 Å². The Kier molecular flexibility index (Phi) is 6.30. The maximum absolute atomic E-state index is 10.8. The van der Waals surface area contributed by atoms with Gasteiger partial charge in [0.25, 0.3) is 5.69 Å². The second-order valence-electron chi connectivity index (χ2n) is 6.75. The molecule has 0 radical (unpaired) electrons. The summed E-state index contributed by atoms with van der Waals surface area (Å²) in [7, 11) is 1.64. The quantitative estimate of drug-likeness (QED) is 0.308. The minimum Gasteiger partial charge on any atom is -0.497 e. The van der Waals surface area contributed by atoms with Crippen LogP contribution in [-0.2, 0) is 12.3 Å². The van der Waals surface area contributed by atoms with Crippen molar-refractivity contribution in [3.8, 4) is 17.1 Å². The third-order valence-electron chi connectivity index (χ3n) is 4.13. The van der Waals surface area contributed by atoms with Gasteiger partial charge in [-0.15, -0.1) is 10.2 Å². The maximum Gasteiger partial charge on any atom is 0.269 e. The Morgan fingerprint density at radius 3 is 2.36 bits per heavy atom. The summed E-state index contributed by atoms with van der Waals surface area (Å²) >= 11 is 1.57. The molecular formula is C20H22N4O3S. The highest BCUT2D eigenvalue weighted by Gasteiger charge is 2.16. The molecule has 0 aliphatic rings. The van der Waals surface area contributed by atoms with E-state index in [1.165, 1.54) is 12.1 Å². The zero-order valence-corrected chi connectivity index (χ0v) is 16.8. The molecule has 1 aromatic heterocycles. The van der Waals surface area contributed by atoms with Gasteiger partial charge >= 0.3 is 0 Å². The number of nitro groups is 1. The molecule has 0 aliphatic carbocycles. The average molecular weight is 398 g/mol. The molecule has 0 atom stereocenters. The lowest BCUT2D eigenvalue weighted by molar-refractivity contribution is -0.384. The Bertz CT molecular complexity index is 937. The Hall–Kier alpha value is -2.87. The van der Waals surface area contributed by atoms with Crippen LogP contribution in [0.5, 0.6) is 5.75 Å². The summed E-state index contributed by atoms with van der Waals surface area (Å²) in [6.07, 6.45) is 0. The van der Waals surface area contributed by atoms with Crippen LogP contribution < -0.4 is 4.74 Å². The lowest BCUT2D eigenvalue weighted by atomic mass is 10.2. The van der Waals surface area contributed by atoms with Gasteiger partial charge in [-0.25, -0.2) is 0 Å². The molecule has 7 nitrogen and oxygen atoms in total. The number of ether oxygens (including phenoxy) is 1. The Morgan fingerprint density at radius 2 is 1.79 bits per heavy atom. The van der Waals surface area contributed by atoms with Crippen molar-refractivity contribution >= 4 is 17.4 Å². The molecule has 1 heterocycles. The largest absolute Gasteiger partial charge is 0.497 e. The van der Waals surface area contributed by atoms with E-state index < -0.39 is 4.92 Å². The SMILES string of the molecule is COc1ccc(-c2nnc(SCc3ccc([N+](=O)[O-])cc3)n2CC(C)C)cc1. The molecule has 28 heavy (non-hydrogen) atoms. The summed E-state index contributed by atoms with van der Waals surface area (Å²) in [5.74, 6) is 2.72. The predicted octanol–water partition coefficient (Wildman–Crippen LogP) is 4.81. The van der Waals surface area contributed by atoms with E-state index in [0.29, 0.717) is 11.7 Å². The van der Waals surface area contributed by atoms with Gasteiger partial charge in [0.2, 0.25) is 0 Å². The summed E-state index contributed by atoms with van der Waals surface area (Å²) in [4.78, 5) is 10.4. The minimum atomic E-state index is -0.392. The van der Waals surface area contributed by atoms with Gasteiger partial charge in [-0.2, -0.15) is 0 Å². The number of thioether (sulfide) groups is 1. The monoisotopic (exact) mass is 398 g/mol. The Balaban J connectivity index is 1.81. The first-order valence-electron chi connectivity index (χ1n) is 8.91. The van der Waals surface area contributed by atoms with Gasteiger partial charge in [0.05, 0.1) is 12.0 Å². The molecule has 0 fully saturated rings. The highest BCUT2D eigenvalue weighted by atomic mass is 32.2. The molecular weight excluding hydrogens is 376 g/mol. The molecule has 0 bridgehead atoms. The van der Waals surface area contributed by atoms with Crippen molar-refractivity contribution < 1.29 is 9.66 Å². The van der Waals surface area contributed by atoms with E-state index >= 15 is 0 Å². The second-order valence-corrected chi connectivity index (χ2v) is 7.69. The highest BCUT2D eigenvalue weighted by Crippen LogP contribution is 2.28. The van der Waals surface area contributed by atoms with E-state index in [1.54, 1.807) is 31.0 Å². The fraction of sp³-hybridized carbons (Fsp3) is 0.300. The van der Waals surface area contributed by atoms with Crippen LogP contribution in [0.2, 0.25) is 0 Å². The lowest BCUT2D eigenvalue weighted by Crippen LogP contribution is -2.08. The molecule has 0 amide bonds. The van der Waals surface area contributed by atoms with E-state index in [1.807, 2.05) is 24.3 Å². The molecule has 0 unspecified atom stereocenters. The number of hydrogen-bond donors (Lipinski definition) is 0. The summed E-state index contributed by atoms with van der Waals surface area (Å²) in [6.45, 7) is 5.11. The van der Waals surface area contributed by atoms with Crippen molar-refractivity contribution in [1.29, 1.82) is 0 Å². The minimum absolute atomic E-state index is 0.0958. The van der Waals surface area contributed by atoms with Crippen molar-refractivity contribution in [2.24, 2.45) is 5.92 Å². The average Bonchev–Trinajstić information content (AvgIpc) is 3.08. The van der Waals surface area contributed by atoms with Crippen molar-refractivity contribution in [1.82, 2.24) is 14.8 Å². The van der Waals surface area contributed by atoms with E-state index in [-0.39, 0.29) is 5.69 Å². The number of nitrogens with zero attached hydrogens (tertiary/aromatic N) is 4. The third kappa shape index (κ3) is 4.69. The highest BCUT2D eigenvalue weighted by molar-refractivity contribution is 7.98. The summed E-state index contributed by atoms with van der Waals surface area (Å²) < 4.78 is 7.35. The third-order valence-corrected chi connectivity index (χ3v) is 5.17. The zero-order chi connectivity index (χ0) is 20.1. The fourth-order valence-corrected chi connectivity index (χ4v) is 3.64. The normalized spacial score (nSPS) is 11.0. The first-order valence-corrected chi connectivity index (χ1v) is 9.90. The van der Waals surface area contributed by atoms with Crippen molar-refractivity contribution in [2.75, 3.05) is 7.11 Å². The number of rotatable bonds is 8. The van der Waals surface area contributed by atoms with Crippen molar-refractivity contribution in [3.05, 3.63) is 64.2 Å². The summed E-state index contributed by atoms with van der Waals surface area (Å²) in [5, 5.41) is 20.4. The van der Waals surface area contributed by atoms with Gasteiger partial charge in [-0.05, 0) is 35.7 Å². The maximum atomic E-state index is 10.8. The molecule has 2 aromatic carbocycles. The molecule has 3 rings (SSSR count). The standard InChI is InChI=1S/C20H22N4O3S/c1-14(2)12-23-19(16-6-10-18(27-3)11-7-16)21-22-20(23)28-13-15-4-8-17(9-5-15)24(25)26/h4-11,14H,12-13H2,1-3H3. The number of non-ortho nitro benzene ring substituents is 1.